The average Bonchev–Trinajstić information content (AvgIpc) is 2.06. The van der Waals surface area contributed by atoms with E-state index >= 15 is 0 Å². The predicted octanol–water partition coefficient (Wildman–Crippen LogP) is 1.62. The fourth-order valence-electron chi connectivity index (χ4n) is 0.837. The summed E-state index contributed by atoms with van der Waals surface area (Å²) in [5, 5.41) is 8.97. The molecule has 0 N–H and O–H groups in total. The van der Waals surface area contributed by atoms with Crippen LogP contribution in [0.15, 0.2) is 12.1 Å². The van der Waals surface area contributed by atoms with Gasteiger partial charge in [-0.2, -0.15) is 5.10 Å². The number of alkyl halides is 1. The van der Waals surface area contributed by atoms with Crippen LogP contribution in [0.4, 0.5) is 5.82 Å². The Morgan fingerprint density at radius 1 is 1.42 bits per heavy atom. The normalized spacial score (nSPS) is 9.92. The number of aromatic nitrogens is 2. The van der Waals surface area contributed by atoms with E-state index in [2.05, 4.69) is 31.0 Å². The Morgan fingerprint density at radius 2 is 2.17 bits per heavy atom. The van der Waals surface area contributed by atoms with Gasteiger partial charge in [-0.25, -0.2) is 0 Å². The van der Waals surface area contributed by atoms with Crippen molar-refractivity contribution in [2.24, 2.45) is 0 Å². The van der Waals surface area contributed by atoms with Gasteiger partial charge in [-0.05, 0) is 19.1 Å². The van der Waals surface area contributed by atoms with Crippen LogP contribution in [0.1, 0.15) is 5.69 Å². The topological polar surface area (TPSA) is 29.0 Å². The van der Waals surface area contributed by atoms with E-state index in [-0.39, 0.29) is 0 Å². The van der Waals surface area contributed by atoms with E-state index in [0.717, 1.165) is 23.4 Å². The summed E-state index contributed by atoms with van der Waals surface area (Å²) >= 11 is 3.37. The van der Waals surface area contributed by atoms with Crippen molar-refractivity contribution >= 4 is 21.7 Å². The molecular weight excluding hydrogens is 218 g/mol. The van der Waals surface area contributed by atoms with Crippen molar-refractivity contribution in [2.75, 3.05) is 23.8 Å². The molecule has 0 unspecified atom stereocenters. The molecule has 0 aliphatic heterocycles. The molecule has 0 amide bonds. The summed E-state index contributed by atoms with van der Waals surface area (Å²) in [6.07, 6.45) is 0. The molecule has 0 fully saturated rings. The first kappa shape index (κ1) is 9.45. The van der Waals surface area contributed by atoms with Gasteiger partial charge in [-0.15, -0.1) is 5.10 Å². The summed E-state index contributed by atoms with van der Waals surface area (Å²) in [6.45, 7) is 2.87. The fraction of sp³-hybridized carbons (Fsp3) is 0.500. The number of nitrogens with zero attached hydrogens (tertiary/aromatic N) is 3. The maximum Gasteiger partial charge on any atom is 0.151 e. The van der Waals surface area contributed by atoms with Crippen molar-refractivity contribution in [1.29, 1.82) is 0 Å². The Balaban J connectivity index is 2.68. The molecule has 1 heterocycles. The van der Waals surface area contributed by atoms with Crippen molar-refractivity contribution in [3.8, 4) is 0 Å². The van der Waals surface area contributed by atoms with E-state index in [9.17, 15) is 0 Å². The van der Waals surface area contributed by atoms with Gasteiger partial charge in [0.2, 0.25) is 0 Å². The van der Waals surface area contributed by atoms with Crippen molar-refractivity contribution in [2.45, 2.75) is 6.92 Å². The van der Waals surface area contributed by atoms with Crippen LogP contribution < -0.4 is 4.90 Å². The average molecular weight is 230 g/mol. The first-order chi connectivity index (χ1) is 5.74. The molecule has 0 saturated heterocycles. The van der Waals surface area contributed by atoms with Gasteiger partial charge in [0.25, 0.3) is 0 Å². The minimum absolute atomic E-state index is 0.917. The van der Waals surface area contributed by atoms with Crippen LogP contribution in [0.25, 0.3) is 0 Å². The van der Waals surface area contributed by atoms with E-state index in [4.69, 9.17) is 0 Å². The lowest BCUT2D eigenvalue weighted by Gasteiger charge is -2.15. The zero-order valence-electron chi connectivity index (χ0n) is 7.29. The largest absolute Gasteiger partial charge is 0.357 e. The molecule has 66 valence electrons. The SMILES string of the molecule is Cc1ccc(N(C)CCBr)nn1. The third-order valence-electron chi connectivity index (χ3n) is 1.59. The first-order valence-electron chi connectivity index (χ1n) is 3.81. The molecule has 1 aromatic rings. The van der Waals surface area contributed by atoms with E-state index < -0.39 is 0 Å². The van der Waals surface area contributed by atoms with Gasteiger partial charge in [-0.1, -0.05) is 15.9 Å². The molecule has 0 atom stereocenters. The van der Waals surface area contributed by atoms with Crippen LogP contribution in [-0.4, -0.2) is 29.1 Å². The van der Waals surface area contributed by atoms with Crippen LogP contribution in [-0.2, 0) is 0 Å². The molecule has 0 bridgehead atoms. The van der Waals surface area contributed by atoms with Crippen LogP contribution in [0.3, 0.4) is 0 Å². The van der Waals surface area contributed by atoms with E-state index in [0.29, 0.717) is 0 Å². The fourth-order valence-corrected chi connectivity index (χ4v) is 1.37. The van der Waals surface area contributed by atoms with E-state index in [1.165, 1.54) is 0 Å². The molecule has 0 radical (unpaired) electrons. The van der Waals surface area contributed by atoms with E-state index in [1.807, 2.05) is 26.1 Å². The lowest BCUT2D eigenvalue weighted by molar-refractivity contribution is 0.889. The second-order valence-corrected chi connectivity index (χ2v) is 3.44. The maximum absolute atomic E-state index is 4.05. The lowest BCUT2D eigenvalue weighted by atomic mass is 10.4. The van der Waals surface area contributed by atoms with Crippen LogP contribution >= 0.6 is 15.9 Å². The molecular formula is C8H12BrN3. The Labute approximate surface area is 80.9 Å². The van der Waals surface area contributed by atoms with Crippen molar-refractivity contribution in [1.82, 2.24) is 10.2 Å². The monoisotopic (exact) mass is 229 g/mol. The Hall–Kier alpha value is -0.640. The van der Waals surface area contributed by atoms with Gasteiger partial charge in [0.05, 0.1) is 5.69 Å². The molecule has 1 aromatic heterocycles. The molecule has 1 rings (SSSR count). The predicted molar refractivity (Wildman–Crippen MR) is 53.8 cm³/mol. The Morgan fingerprint density at radius 3 is 2.67 bits per heavy atom. The standard InChI is InChI=1S/C8H12BrN3/c1-7-3-4-8(11-10-7)12(2)6-5-9/h3-4H,5-6H2,1-2H3. The van der Waals surface area contributed by atoms with Gasteiger partial charge < -0.3 is 4.90 Å². The summed E-state index contributed by atoms with van der Waals surface area (Å²) in [5.41, 5.74) is 0.950. The molecule has 12 heavy (non-hydrogen) atoms. The van der Waals surface area contributed by atoms with Gasteiger partial charge in [0, 0.05) is 18.9 Å². The molecule has 0 aliphatic rings. The summed E-state index contributed by atoms with van der Waals surface area (Å²) < 4.78 is 0. The number of hydrogen-bond donors (Lipinski definition) is 0. The first-order valence-corrected chi connectivity index (χ1v) is 4.93. The number of halogens is 1. The minimum Gasteiger partial charge on any atom is -0.357 e. The third kappa shape index (κ3) is 2.44. The molecule has 0 spiro atoms. The molecule has 0 aromatic carbocycles. The van der Waals surface area contributed by atoms with Crippen LogP contribution in [0.2, 0.25) is 0 Å². The van der Waals surface area contributed by atoms with Crippen molar-refractivity contribution in [3.05, 3.63) is 17.8 Å². The zero-order valence-corrected chi connectivity index (χ0v) is 8.87. The van der Waals surface area contributed by atoms with Crippen LogP contribution in [0.5, 0.6) is 0 Å². The van der Waals surface area contributed by atoms with Gasteiger partial charge in [0.15, 0.2) is 5.82 Å². The highest BCUT2D eigenvalue weighted by Gasteiger charge is 2.00. The number of rotatable bonds is 3. The highest BCUT2D eigenvalue weighted by molar-refractivity contribution is 9.09. The van der Waals surface area contributed by atoms with Gasteiger partial charge in [0.1, 0.15) is 0 Å². The van der Waals surface area contributed by atoms with Crippen molar-refractivity contribution < 1.29 is 0 Å². The smallest absolute Gasteiger partial charge is 0.151 e. The van der Waals surface area contributed by atoms with Crippen LogP contribution in [0, 0.1) is 6.92 Å². The summed E-state index contributed by atoms with van der Waals surface area (Å²) in [5.74, 6) is 0.917. The lowest BCUT2D eigenvalue weighted by Crippen LogP contribution is -2.20. The molecule has 0 saturated carbocycles. The zero-order chi connectivity index (χ0) is 8.97. The maximum atomic E-state index is 4.05. The number of anilines is 1. The second kappa shape index (κ2) is 4.40. The molecule has 3 nitrogen and oxygen atoms in total. The summed E-state index contributed by atoms with van der Waals surface area (Å²) in [4.78, 5) is 2.06. The third-order valence-corrected chi connectivity index (χ3v) is 1.95. The molecule has 4 heteroatoms. The number of hydrogen-bond acceptors (Lipinski definition) is 3. The van der Waals surface area contributed by atoms with E-state index in [1.54, 1.807) is 0 Å². The van der Waals surface area contributed by atoms with Gasteiger partial charge >= 0.3 is 0 Å². The summed E-state index contributed by atoms with van der Waals surface area (Å²) in [7, 11) is 2.00. The molecule has 0 aliphatic carbocycles. The minimum atomic E-state index is 0.917. The van der Waals surface area contributed by atoms with Crippen molar-refractivity contribution in [3.63, 3.8) is 0 Å². The second-order valence-electron chi connectivity index (χ2n) is 2.64. The number of aryl methyl sites for hydroxylation is 1. The highest BCUT2D eigenvalue weighted by Crippen LogP contribution is 2.06. The summed E-state index contributed by atoms with van der Waals surface area (Å²) in [6, 6.07) is 3.94. The Bertz CT molecular complexity index is 235. The Kier molecular flexibility index (Phi) is 3.47. The quantitative estimate of drug-likeness (QED) is 0.739. The highest BCUT2D eigenvalue weighted by atomic mass is 79.9. The van der Waals surface area contributed by atoms with Gasteiger partial charge in [-0.3, -0.25) is 0 Å².